The molecule has 1 aliphatic rings. The lowest BCUT2D eigenvalue weighted by molar-refractivity contribution is -0.140. The van der Waals surface area contributed by atoms with E-state index < -0.39 is 11.9 Å². The number of fused-ring (bicyclic) bond motifs is 1. The summed E-state index contributed by atoms with van der Waals surface area (Å²) in [4.78, 5) is 27.5. The normalized spacial score (nSPS) is 16.9. The van der Waals surface area contributed by atoms with Gasteiger partial charge in [0.15, 0.2) is 11.5 Å². The maximum Gasteiger partial charge on any atom is 0.304 e. The van der Waals surface area contributed by atoms with Crippen molar-refractivity contribution in [3.8, 4) is 23.0 Å². The van der Waals surface area contributed by atoms with Crippen LogP contribution < -0.4 is 23.8 Å². The molecule has 4 rings (SSSR count). The first-order chi connectivity index (χ1) is 18.3. The number of aliphatic carboxylic acids is 1. The van der Waals surface area contributed by atoms with Gasteiger partial charge < -0.3 is 29.0 Å². The Morgan fingerprint density at radius 3 is 2.37 bits per heavy atom. The van der Waals surface area contributed by atoms with Crippen LogP contribution in [0.4, 0.5) is 5.69 Å². The molecule has 0 fully saturated rings. The number of carbonyl (C=O) groups excluding carboxylic acids is 1. The summed E-state index contributed by atoms with van der Waals surface area (Å²) < 4.78 is 22.1. The van der Waals surface area contributed by atoms with Crippen LogP contribution in [0.5, 0.6) is 23.0 Å². The Balaban J connectivity index is 1.91. The number of nitrogens with zero attached hydrogens (tertiary/aromatic N) is 1. The van der Waals surface area contributed by atoms with Crippen LogP contribution in [0.2, 0.25) is 5.02 Å². The molecule has 0 spiro atoms. The highest BCUT2D eigenvalue weighted by Gasteiger charge is 2.38. The Labute approximate surface area is 226 Å². The van der Waals surface area contributed by atoms with Crippen LogP contribution in [0.25, 0.3) is 0 Å². The van der Waals surface area contributed by atoms with E-state index in [9.17, 15) is 14.7 Å². The predicted octanol–water partition coefficient (Wildman–Crippen LogP) is 5.53. The van der Waals surface area contributed by atoms with E-state index in [4.69, 9.17) is 30.5 Å². The molecule has 0 aliphatic carbocycles. The number of hydrogen-bond donors (Lipinski definition) is 1. The third-order valence-electron chi connectivity index (χ3n) is 6.84. The molecule has 2 unspecified atom stereocenters. The van der Waals surface area contributed by atoms with Gasteiger partial charge in [0.05, 0.1) is 41.4 Å². The first-order valence-corrected chi connectivity index (χ1v) is 12.4. The van der Waals surface area contributed by atoms with Crippen molar-refractivity contribution in [3.05, 3.63) is 76.3 Å². The van der Waals surface area contributed by atoms with E-state index in [-0.39, 0.29) is 31.2 Å². The van der Waals surface area contributed by atoms with E-state index in [1.807, 2.05) is 24.3 Å². The van der Waals surface area contributed by atoms with Gasteiger partial charge in [0.2, 0.25) is 5.91 Å². The second-order valence-electron chi connectivity index (χ2n) is 8.97. The number of carbonyl (C=O) groups is 2. The number of rotatable bonds is 9. The van der Waals surface area contributed by atoms with Crippen LogP contribution >= 0.6 is 11.6 Å². The van der Waals surface area contributed by atoms with E-state index in [2.05, 4.69) is 0 Å². The summed E-state index contributed by atoms with van der Waals surface area (Å²) in [5.41, 5.74) is 2.95. The molecule has 38 heavy (non-hydrogen) atoms. The number of carboxylic acid groups (broad SMARTS) is 1. The minimum Gasteiger partial charge on any atom is -0.497 e. The van der Waals surface area contributed by atoms with E-state index in [1.165, 1.54) is 0 Å². The largest absolute Gasteiger partial charge is 0.497 e. The van der Waals surface area contributed by atoms with E-state index in [0.29, 0.717) is 33.7 Å². The fraction of sp³-hybridized carbons (Fsp3) is 0.310. The number of ether oxygens (including phenoxy) is 4. The highest BCUT2D eigenvalue weighted by molar-refractivity contribution is 6.30. The van der Waals surface area contributed by atoms with Crippen LogP contribution in [0.15, 0.2) is 54.6 Å². The van der Waals surface area contributed by atoms with Gasteiger partial charge in [-0.1, -0.05) is 23.7 Å². The molecule has 3 aromatic carbocycles. The molecule has 8 nitrogen and oxygen atoms in total. The fourth-order valence-electron chi connectivity index (χ4n) is 5.08. The molecule has 0 aromatic heterocycles. The van der Waals surface area contributed by atoms with Crippen LogP contribution in [0.3, 0.4) is 0 Å². The van der Waals surface area contributed by atoms with E-state index in [0.717, 1.165) is 16.7 Å². The molecule has 0 saturated heterocycles. The molecular weight excluding hydrogens is 510 g/mol. The summed E-state index contributed by atoms with van der Waals surface area (Å²) in [5.74, 6) is -0.291. The zero-order chi connectivity index (χ0) is 27.4. The van der Waals surface area contributed by atoms with Crippen molar-refractivity contribution in [2.75, 3.05) is 33.3 Å². The average Bonchev–Trinajstić information content (AvgIpc) is 3.02. The maximum absolute atomic E-state index is 14.0. The topological polar surface area (TPSA) is 94.5 Å². The van der Waals surface area contributed by atoms with Gasteiger partial charge in [-0.15, -0.1) is 0 Å². The van der Waals surface area contributed by atoms with E-state index in [1.54, 1.807) is 63.7 Å². The summed E-state index contributed by atoms with van der Waals surface area (Å²) in [6.07, 6.45) is -0.0716. The molecule has 2 atom stereocenters. The highest BCUT2D eigenvalue weighted by Crippen LogP contribution is 2.48. The van der Waals surface area contributed by atoms with Gasteiger partial charge in [-0.2, -0.15) is 0 Å². The molecule has 1 amide bonds. The molecular formula is C29H30ClNO7. The summed E-state index contributed by atoms with van der Waals surface area (Å²) in [5, 5.41) is 10.2. The zero-order valence-corrected chi connectivity index (χ0v) is 22.4. The first-order valence-electron chi connectivity index (χ1n) is 12.1. The second kappa shape index (κ2) is 11.6. The minimum atomic E-state index is -1.05. The lowest BCUT2D eigenvalue weighted by atomic mass is 9.82. The fourth-order valence-corrected chi connectivity index (χ4v) is 5.26. The first kappa shape index (κ1) is 27.1. The second-order valence-corrected chi connectivity index (χ2v) is 9.41. The van der Waals surface area contributed by atoms with Crippen LogP contribution in [-0.4, -0.2) is 45.4 Å². The number of methoxy groups -OCH3 is 4. The average molecular weight is 540 g/mol. The molecule has 200 valence electrons. The smallest absolute Gasteiger partial charge is 0.304 e. The highest BCUT2D eigenvalue weighted by atomic mass is 35.5. The minimum absolute atomic E-state index is 0.165. The Hall–Kier alpha value is -3.91. The number of halogens is 1. The van der Waals surface area contributed by atoms with E-state index >= 15 is 0 Å². The van der Waals surface area contributed by atoms with Crippen molar-refractivity contribution >= 4 is 29.2 Å². The molecule has 0 bridgehead atoms. The lowest BCUT2D eigenvalue weighted by Gasteiger charge is -2.27. The number of anilines is 1. The Morgan fingerprint density at radius 1 is 0.947 bits per heavy atom. The SMILES string of the molecule is COc1ccc(CN2C(=O)C(CC(=O)O)CC(c3cccc(OC)c3OC)c3cc(Cl)ccc32)c(OC)c1. The molecule has 1 N–H and O–H groups in total. The molecule has 0 saturated carbocycles. The predicted molar refractivity (Wildman–Crippen MR) is 144 cm³/mol. The molecule has 0 radical (unpaired) electrons. The summed E-state index contributed by atoms with van der Waals surface area (Å²) in [6, 6.07) is 16.3. The zero-order valence-electron chi connectivity index (χ0n) is 21.7. The van der Waals surface area contributed by atoms with Crippen molar-refractivity contribution in [1.29, 1.82) is 0 Å². The number of benzene rings is 3. The van der Waals surface area contributed by atoms with Crippen molar-refractivity contribution in [2.24, 2.45) is 5.92 Å². The molecule has 3 aromatic rings. The Kier molecular flexibility index (Phi) is 8.32. The van der Waals surface area contributed by atoms with Gasteiger partial charge in [-0.25, -0.2) is 0 Å². The molecule has 9 heteroatoms. The van der Waals surface area contributed by atoms with Crippen LogP contribution in [-0.2, 0) is 16.1 Å². The summed E-state index contributed by atoms with van der Waals surface area (Å²) >= 11 is 6.47. The number of amides is 1. The molecule has 1 heterocycles. The van der Waals surface area contributed by atoms with Gasteiger partial charge in [-0.05, 0) is 48.4 Å². The van der Waals surface area contributed by atoms with Gasteiger partial charge >= 0.3 is 5.97 Å². The van der Waals surface area contributed by atoms with Gasteiger partial charge in [0.1, 0.15) is 11.5 Å². The number of carboxylic acids is 1. The molecule has 1 aliphatic heterocycles. The van der Waals surface area contributed by atoms with Gasteiger partial charge in [-0.3, -0.25) is 9.59 Å². The maximum atomic E-state index is 14.0. The third kappa shape index (κ3) is 5.36. The van der Waals surface area contributed by atoms with Crippen LogP contribution in [0.1, 0.15) is 35.4 Å². The van der Waals surface area contributed by atoms with Crippen molar-refractivity contribution in [3.63, 3.8) is 0 Å². The quantitative estimate of drug-likeness (QED) is 0.382. The van der Waals surface area contributed by atoms with Crippen LogP contribution in [0, 0.1) is 5.92 Å². The monoisotopic (exact) mass is 539 g/mol. The van der Waals surface area contributed by atoms with Gasteiger partial charge in [0, 0.05) is 39.7 Å². The van der Waals surface area contributed by atoms with Crippen molar-refractivity contribution in [1.82, 2.24) is 0 Å². The number of para-hydroxylation sites is 1. The summed E-state index contributed by atoms with van der Waals surface area (Å²) in [6.45, 7) is 0.165. The third-order valence-corrected chi connectivity index (χ3v) is 7.08. The van der Waals surface area contributed by atoms with Gasteiger partial charge in [0.25, 0.3) is 0 Å². The number of hydrogen-bond acceptors (Lipinski definition) is 6. The Bertz CT molecular complexity index is 1340. The standard InChI is InChI=1S/C29H30ClNO7/c1-35-20-10-8-17(26(15-20)37-3)16-31-24-11-9-19(30)14-23(24)22(12-18(29(31)34)13-27(32)33)21-6-5-7-25(36-2)28(21)38-4/h5-11,14-15,18,22H,12-13,16H2,1-4H3,(H,32,33). The lowest BCUT2D eigenvalue weighted by Crippen LogP contribution is -2.36. The Morgan fingerprint density at radius 2 is 1.71 bits per heavy atom. The van der Waals surface area contributed by atoms with Crippen molar-refractivity contribution < 1.29 is 33.6 Å². The van der Waals surface area contributed by atoms with Crippen molar-refractivity contribution in [2.45, 2.75) is 25.3 Å². The summed E-state index contributed by atoms with van der Waals surface area (Å²) in [7, 11) is 6.23.